The smallest absolute Gasteiger partial charge is 0.336 e. The zero-order chi connectivity index (χ0) is 14.9. The molecule has 20 heavy (non-hydrogen) atoms. The van der Waals surface area contributed by atoms with Crippen LogP contribution in [0.4, 0.5) is 8.78 Å². The van der Waals surface area contributed by atoms with E-state index in [9.17, 15) is 18.4 Å². The Labute approximate surface area is 114 Å². The normalized spacial score (nSPS) is 13.9. The molecule has 2 rings (SSSR count). The number of halogens is 2. The third kappa shape index (κ3) is 2.68. The highest BCUT2D eigenvalue weighted by Crippen LogP contribution is 2.29. The van der Waals surface area contributed by atoms with Crippen molar-refractivity contribution in [3.05, 3.63) is 47.5 Å². The van der Waals surface area contributed by atoms with E-state index in [1.54, 1.807) is 0 Å². The van der Waals surface area contributed by atoms with Gasteiger partial charge in [0.2, 0.25) is 0 Å². The van der Waals surface area contributed by atoms with Crippen molar-refractivity contribution in [3.8, 4) is 0 Å². The summed E-state index contributed by atoms with van der Waals surface area (Å²) in [6, 6.07) is 1.18. The number of hydrogen-bond acceptors (Lipinski definition) is 2. The number of carbonyl (C=O) groups is 2. The Morgan fingerprint density at radius 2 is 1.85 bits per heavy atom. The molecule has 0 saturated heterocycles. The van der Waals surface area contributed by atoms with E-state index in [-0.39, 0.29) is 18.2 Å². The zero-order valence-electron chi connectivity index (χ0n) is 10.6. The van der Waals surface area contributed by atoms with Gasteiger partial charge in [-0.05, 0) is 25.0 Å². The van der Waals surface area contributed by atoms with E-state index in [0.29, 0.717) is 12.1 Å². The Bertz CT molecular complexity index is 582. The first kappa shape index (κ1) is 14.2. The molecule has 4 nitrogen and oxygen atoms in total. The van der Waals surface area contributed by atoms with Gasteiger partial charge in [0.25, 0.3) is 5.91 Å². The molecule has 1 aliphatic rings. The van der Waals surface area contributed by atoms with Crippen LogP contribution in [0.2, 0.25) is 0 Å². The number of nitrogens with zero attached hydrogens (tertiary/aromatic N) is 1. The van der Waals surface area contributed by atoms with Crippen molar-refractivity contribution >= 4 is 11.9 Å². The van der Waals surface area contributed by atoms with E-state index in [1.165, 1.54) is 11.0 Å². The molecular weight excluding hydrogens is 268 g/mol. The Hall–Kier alpha value is -2.24. The monoisotopic (exact) mass is 281 g/mol. The van der Waals surface area contributed by atoms with Crippen molar-refractivity contribution in [2.24, 2.45) is 0 Å². The SMILES string of the molecule is C=CCN(C(=O)c1cc(F)c(F)cc1C(=O)O)C1CC1. The second kappa shape index (κ2) is 5.40. The highest BCUT2D eigenvalue weighted by atomic mass is 19.2. The Balaban J connectivity index is 2.44. The number of rotatable bonds is 5. The van der Waals surface area contributed by atoms with Crippen LogP contribution in [0.5, 0.6) is 0 Å². The maximum Gasteiger partial charge on any atom is 0.336 e. The van der Waals surface area contributed by atoms with Gasteiger partial charge in [-0.2, -0.15) is 0 Å². The van der Waals surface area contributed by atoms with Gasteiger partial charge >= 0.3 is 5.97 Å². The molecule has 1 fully saturated rings. The molecule has 1 N–H and O–H groups in total. The summed E-state index contributed by atoms with van der Waals surface area (Å²) in [5, 5.41) is 9.02. The van der Waals surface area contributed by atoms with Crippen LogP contribution < -0.4 is 0 Å². The van der Waals surface area contributed by atoms with E-state index in [4.69, 9.17) is 5.11 Å². The molecule has 1 aromatic rings. The maximum atomic E-state index is 13.3. The predicted octanol–water partition coefficient (Wildman–Crippen LogP) is 2.45. The molecule has 0 spiro atoms. The minimum atomic E-state index is -1.47. The summed E-state index contributed by atoms with van der Waals surface area (Å²) in [6.45, 7) is 3.77. The second-order valence-electron chi connectivity index (χ2n) is 4.59. The number of aromatic carboxylic acids is 1. The highest BCUT2D eigenvalue weighted by molar-refractivity contribution is 6.05. The Kier molecular flexibility index (Phi) is 3.83. The van der Waals surface area contributed by atoms with Gasteiger partial charge < -0.3 is 10.0 Å². The van der Waals surface area contributed by atoms with Crippen LogP contribution in [0, 0.1) is 11.6 Å². The van der Waals surface area contributed by atoms with Crippen molar-refractivity contribution in [2.75, 3.05) is 6.54 Å². The largest absolute Gasteiger partial charge is 0.478 e. The van der Waals surface area contributed by atoms with Gasteiger partial charge in [0.1, 0.15) is 0 Å². The molecule has 0 atom stereocenters. The zero-order valence-corrected chi connectivity index (χ0v) is 10.6. The van der Waals surface area contributed by atoms with Gasteiger partial charge in [0.15, 0.2) is 11.6 Å². The third-order valence-corrected chi connectivity index (χ3v) is 3.10. The molecule has 0 aliphatic heterocycles. The number of benzene rings is 1. The van der Waals surface area contributed by atoms with Gasteiger partial charge in [-0.15, -0.1) is 6.58 Å². The van der Waals surface area contributed by atoms with Crippen molar-refractivity contribution in [2.45, 2.75) is 18.9 Å². The number of carboxylic acids is 1. The molecule has 0 unspecified atom stereocenters. The maximum absolute atomic E-state index is 13.3. The van der Waals surface area contributed by atoms with Crippen LogP contribution in [0.1, 0.15) is 33.6 Å². The molecule has 1 amide bonds. The lowest BCUT2D eigenvalue weighted by Crippen LogP contribution is -2.34. The molecule has 1 aliphatic carbocycles. The Morgan fingerprint density at radius 1 is 1.30 bits per heavy atom. The lowest BCUT2D eigenvalue weighted by molar-refractivity contribution is 0.0675. The molecule has 106 valence electrons. The van der Waals surface area contributed by atoms with Crippen LogP contribution in [-0.4, -0.2) is 34.5 Å². The fourth-order valence-electron chi connectivity index (χ4n) is 1.98. The summed E-state index contributed by atoms with van der Waals surface area (Å²) in [4.78, 5) is 24.8. The summed E-state index contributed by atoms with van der Waals surface area (Å²) >= 11 is 0. The average Bonchev–Trinajstić information content (AvgIpc) is 3.22. The fraction of sp³-hybridized carbons (Fsp3) is 0.286. The molecular formula is C14H13F2NO3. The van der Waals surface area contributed by atoms with E-state index in [2.05, 4.69) is 6.58 Å². The fourth-order valence-corrected chi connectivity index (χ4v) is 1.98. The van der Waals surface area contributed by atoms with Crippen molar-refractivity contribution < 1.29 is 23.5 Å². The minimum Gasteiger partial charge on any atom is -0.478 e. The highest BCUT2D eigenvalue weighted by Gasteiger charge is 2.34. The van der Waals surface area contributed by atoms with Crippen LogP contribution in [0.3, 0.4) is 0 Å². The Morgan fingerprint density at radius 3 is 2.30 bits per heavy atom. The molecule has 0 bridgehead atoms. The lowest BCUT2D eigenvalue weighted by Gasteiger charge is -2.21. The van der Waals surface area contributed by atoms with E-state index in [1.807, 2.05) is 0 Å². The van der Waals surface area contributed by atoms with Gasteiger partial charge in [0, 0.05) is 12.6 Å². The molecule has 0 heterocycles. The van der Waals surface area contributed by atoms with Crippen molar-refractivity contribution in [1.29, 1.82) is 0 Å². The summed E-state index contributed by atoms with van der Waals surface area (Å²) in [7, 11) is 0. The molecule has 0 radical (unpaired) electrons. The van der Waals surface area contributed by atoms with Crippen LogP contribution in [0.15, 0.2) is 24.8 Å². The quantitative estimate of drug-likeness (QED) is 0.843. The van der Waals surface area contributed by atoms with E-state index in [0.717, 1.165) is 12.8 Å². The van der Waals surface area contributed by atoms with Crippen molar-refractivity contribution in [3.63, 3.8) is 0 Å². The van der Waals surface area contributed by atoms with Gasteiger partial charge in [0.05, 0.1) is 11.1 Å². The average molecular weight is 281 g/mol. The van der Waals surface area contributed by atoms with Crippen LogP contribution >= 0.6 is 0 Å². The van der Waals surface area contributed by atoms with Gasteiger partial charge in [-0.3, -0.25) is 4.79 Å². The number of amides is 1. The summed E-state index contributed by atoms with van der Waals surface area (Å²) < 4.78 is 26.4. The standard InChI is InChI=1S/C14H13F2NO3/c1-2-5-17(8-3-4-8)13(18)9-6-11(15)12(16)7-10(9)14(19)20/h2,6-8H,1,3-5H2,(H,19,20). The van der Waals surface area contributed by atoms with E-state index < -0.39 is 29.1 Å². The topological polar surface area (TPSA) is 57.6 Å². The minimum absolute atomic E-state index is 0.00950. The lowest BCUT2D eigenvalue weighted by atomic mass is 10.1. The van der Waals surface area contributed by atoms with E-state index >= 15 is 0 Å². The summed E-state index contributed by atoms with van der Waals surface area (Å²) in [5.74, 6) is -4.63. The predicted molar refractivity (Wildman–Crippen MR) is 67.6 cm³/mol. The second-order valence-corrected chi connectivity index (χ2v) is 4.59. The summed E-state index contributed by atoms with van der Waals surface area (Å²) in [6.07, 6.45) is 3.13. The van der Waals surface area contributed by atoms with Crippen LogP contribution in [-0.2, 0) is 0 Å². The molecule has 1 aromatic carbocycles. The number of hydrogen-bond donors (Lipinski definition) is 1. The van der Waals surface area contributed by atoms with Crippen LogP contribution in [0.25, 0.3) is 0 Å². The molecule has 6 heteroatoms. The third-order valence-electron chi connectivity index (χ3n) is 3.10. The first-order valence-electron chi connectivity index (χ1n) is 6.10. The first-order chi connectivity index (χ1) is 9.45. The number of carboxylic acid groups (broad SMARTS) is 1. The first-order valence-corrected chi connectivity index (χ1v) is 6.10. The summed E-state index contributed by atoms with van der Waals surface area (Å²) in [5.41, 5.74) is -0.881. The number of carbonyl (C=O) groups excluding carboxylic acids is 1. The van der Waals surface area contributed by atoms with Gasteiger partial charge in [-0.1, -0.05) is 6.08 Å². The molecule has 0 aromatic heterocycles. The molecule has 1 saturated carbocycles. The van der Waals surface area contributed by atoms with Crippen molar-refractivity contribution in [1.82, 2.24) is 4.90 Å². The van der Waals surface area contributed by atoms with Gasteiger partial charge in [-0.25, -0.2) is 13.6 Å².